The van der Waals surface area contributed by atoms with Crippen LogP contribution in [0, 0.1) is 0 Å². The van der Waals surface area contributed by atoms with Gasteiger partial charge in [-0.3, -0.25) is 4.79 Å². The van der Waals surface area contributed by atoms with E-state index >= 15 is 0 Å². The standard InChI is InChI=1S/C27H28N2O5/c1-33-25-15-9-8-14-22(25)17-23(18-30)28-26(31)24(16-20-10-4-2-5-11-20)29-27(32)34-19-21-12-6-3-7-13-21/h2-15,18,23-24H,16-17,19H2,1H3,(H,28,31)(H,29,32)/t23-,24-/m0/s1. The SMILES string of the molecule is COc1ccccc1C[C@@H](C=O)NC(=O)[C@H](Cc1ccccc1)NC(=O)OCc1ccccc1. The summed E-state index contributed by atoms with van der Waals surface area (Å²) in [6.07, 6.45) is 0.466. The zero-order valence-electron chi connectivity index (χ0n) is 19.0. The number of rotatable bonds is 11. The maximum atomic E-state index is 13.1. The van der Waals surface area contributed by atoms with E-state index in [1.807, 2.05) is 78.9 Å². The van der Waals surface area contributed by atoms with E-state index in [-0.39, 0.29) is 19.4 Å². The zero-order valence-corrected chi connectivity index (χ0v) is 19.0. The van der Waals surface area contributed by atoms with Crippen molar-refractivity contribution in [3.8, 4) is 5.75 Å². The molecule has 3 rings (SSSR count). The normalized spacial score (nSPS) is 12.1. The van der Waals surface area contributed by atoms with Gasteiger partial charge in [-0.25, -0.2) is 4.79 Å². The molecule has 2 atom stereocenters. The Morgan fingerprint density at radius 2 is 1.44 bits per heavy atom. The second kappa shape index (κ2) is 12.8. The van der Waals surface area contributed by atoms with Crippen LogP contribution in [0.1, 0.15) is 16.7 Å². The highest BCUT2D eigenvalue weighted by molar-refractivity contribution is 5.88. The van der Waals surface area contributed by atoms with Gasteiger partial charge in [-0.2, -0.15) is 0 Å². The molecule has 2 amide bonds. The molecular weight excluding hydrogens is 432 g/mol. The Kier molecular flexibility index (Phi) is 9.22. The van der Waals surface area contributed by atoms with Crippen molar-refractivity contribution < 1.29 is 23.9 Å². The van der Waals surface area contributed by atoms with Crippen LogP contribution >= 0.6 is 0 Å². The number of alkyl carbamates (subject to hydrolysis) is 1. The summed E-state index contributed by atoms with van der Waals surface area (Å²) >= 11 is 0. The molecule has 0 aliphatic heterocycles. The summed E-state index contributed by atoms with van der Waals surface area (Å²) in [4.78, 5) is 37.3. The number of hydrogen-bond acceptors (Lipinski definition) is 5. The van der Waals surface area contributed by atoms with E-state index in [9.17, 15) is 14.4 Å². The molecule has 176 valence electrons. The van der Waals surface area contributed by atoms with Crippen LogP contribution < -0.4 is 15.4 Å². The number of amides is 2. The number of nitrogens with one attached hydrogen (secondary N) is 2. The number of aldehydes is 1. The highest BCUT2D eigenvalue weighted by atomic mass is 16.5. The third-order valence-corrected chi connectivity index (χ3v) is 5.23. The minimum Gasteiger partial charge on any atom is -0.496 e. The van der Waals surface area contributed by atoms with Crippen LogP contribution in [0.5, 0.6) is 5.75 Å². The maximum Gasteiger partial charge on any atom is 0.408 e. The number of methoxy groups -OCH3 is 1. The van der Waals surface area contributed by atoms with Gasteiger partial charge in [0.1, 0.15) is 24.7 Å². The molecule has 0 saturated heterocycles. The summed E-state index contributed by atoms with van der Waals surface area (Å²) < 4.78 is 10.6. The van der Waals surface area contributed by atoms with Crippen molar-refractivity contribution >= 4 is 18.3 Å². The Bertz CT molecular complexity index is 1070. The summed E-state index contributed by atoms with van der Waals surface area (Å²) in [5.41, 5.74) is 2.48. The molecule has 0 unspecified atom stereocenters. The van der Waals surface area contributed by atoms with Crippen molar-refractivity contribution in [3.05, 3.63) is 102 Å². The zero-order chi connectivity index (χ0) is 24.2. The van der Waals surface area contributed by atoms with Crippen LogP contribution in [-0.4, -0.2) is 37.5 Å². The number of para-hydroxylation sites is 1. The Morgan fingerprint density at radius 1 is 0.824 bits per heavy atom. The molecule has 0 aromatic heterocycles. The molecular formula is C27H28N2O5. The average molecular weight is 461 g/mol. The first kappa shape index (κ1) is 24.5. The van der Waals surface area contributed by atoms with E-state index < -0.39 is 24.1 Å². The Balaban J connectivity index is 1.67. The lowest BCUT2D eigenvalue weighted by atomic mass is 10.0. The van der Waals surface area contributed by atoms with Gasteiger partial charge in [0.2, 0.25) is 5.91 Å². The maximum absolute atomic E-state index is 13.1. The van der Waals surface area contributed by atoms with Gasteiger partial charge in [-0.05, 0) is 22.8 Å². The third-order valence-electron chi connectivity index (χ3n) is 5.23. The molecule has 34 heavy (non-hydrogen) atoms. The smallest absolute Gasteiger partial charge is 0.408 e. The quantitative estimate of drug-likeness (QED) is 0.428. The fourth-order valence-corrected chi connectivity index (χ4v) is 3.49. The van der Waals surface area contributed by atoms with Gasteiger partial charge in [0.15, 0.2) is 0 Å². The molecule has 0 heterocycles. The minimum absolute atomic E-state index is 0.0805. The molecule has 2 N–H and O–H groups in total. The number of carbonyl (C=O) groups is 3. The number of benzene rings is 3. The molecule has 7 heteroatoms. The van der Waals surface area contributed by atoms with Gasteiger partial charge in [0.05, 0.1) is 13.2 Å². The van der Waals surface area contributed by atoms with Crippen LogP contribution in [0.2, 0.25) is 0 Å². The van der Waals surface area contributed by atoms with Crippen LogP contribution in [0.15, 0.2) is 84.9 Å². The van der Waals surface area contributed by atoms with Crippen molar-refractivity contribution in [3.63, 3.8) is 0 Å². The molecule has 3 aromatic carbocycles. The van der Waals surface area contributed by atoms with E-state index in [2.05, 4.69) is 10.6 Å². The van der Waals surface area contributed by atoms with E-state index in [0.29, 0.717) is 12.0 Å². The van der Waals surface area contributed by atoms with Gasteiger partial charge >= 0.3 is 6.09 Å². The summed E-state index contributed by atoms with van der Waals surface area (Å²) in [6.45, 7) is 0.0805. The molecule has 0 spiro atoms. The van der Waals surface area contributed by atoms with Gasteiger partial charge in [0, 0.05) is 12.8 Å². The Labute approximate surface area is 199 Å². The lowest BCUT2D eigenvalue weighted by Crippen LogP contribution is -2.51. The summed E-state index contributed by atoms with van der Waals surface area (Å²) in [5.74, 6) is 0.152. The lowest BCUT2D eigenvalue weighted by molar-refractivity contribution is -0.125. The van der Waals surface area contributed by atoms with Crippen LogP contribution in [0.4, 0.5) is 4.79 Å². The summed E-state index contributed by atoms with van der Waals surface area (Å²) in [7, 11) is 1.55. The molecule has 0 aliphatic carbocycles. The van der Waals surface area contributed by atoms with Crippen LogP contribution in [0.3, 0.4) is 0 Å². The molecule has 7 nitrogen and oxygen atoms in total. The molecule has 3 aromatic rings. The van der Waals surface area contributed by atoms with Gasteiger partial charge in [-0.15, -0.1) is 0 Å². The first-order valence-corrected chi connectivity index (χ1v) is 11.0. The van der Waals surface area contributed by atoms with E-state index in [1.165, 1.54) is 0 Å². The molecule has 0 saturated carbocycles. The monoisotopic (exact) mass is 460 g/mol. The predicted octanol–water partition coefficient (Wildman–Crippen LogP) is 3.46. The van der Waals surface area contributed by atoms with Crippen LogP contribution in [-0.2, 0) is 33.8 Å². The second-order valence-electron chi connectivity index (χ2n) is 7.72. The molecule has 0 fully saturated rings. The topological polar surface area (TPSA) is 93.7 Å². The van der Waals surface area contributed by atoms with Crippen molar-refractivity contribution in [1.29, 1.82) is 0 Å². The second-order valence-corrected chi connectivity index (χ2v) is 7.72. The molecule has 0 radical (unpaired) electrons. The molecule has 0 aliphatic rings. The van der Waals surface area contributed by atoms with E-state index in [0.717, 1.165) is 16.7 Å². The lowest BCUT2D eigenvalue weighted by Gasteiger charge is -2.21. The van der Waals surface area contributed by atoms with Crippen molar-refractivity contribution in [1.82, 2.24) is 10.6 Å². The highest BCUT2D eigenvalue weighted by Gasteiger charge is 2.25. The van der Waals surface area contributed by atoms with Gasteiger partial charge in [0.25, 0.3) is 0 Å². The summed E-state index contributed by atoms with van der Waals surface area (Å²) in [5, 5.41) is 5.37. The first-order chi connectivity index (χ1) is 16.6. The van der Waals surface area contributed by atoms with E-state index in [1.54, 1.807) is 13.2 Å². The van der Waals surface area contributed by atoms with Crippen molar-refractivity contribution in [2.45, 2.75) is 31.5 Å². The predicted molar refractivity (Wildman–Crippen MR) is 128 cm³/mol. The van der Waals surface area contributed by atoms with Crippen molar-refractivity contribution in [2.24, 2.45) is 0 Å². The Hall–Kier alpha value is -4.13. The third kappa shape index (κ3) is 7.48. The van der Waals surface area contributed by atoms with Crippen molar-refractivity contribution in [2.75, 3.05) is 7.11 Å². The average Bonchev–Trinajstić information content (AvgIpc) is 2.88. The highest BCUT2D eigenvalue weighted by Crippen LogP contribution is 2.18. The number of carbonyl (C=O) groups excluding carboxylic acids is 3. The number of ether oxygens (including phenoxy) is 2. The van der Waals surface area contributed by atoms with Crippen LogP contribution in [0.25, 0.3) is 0 Å². The molecule has 0 bridgehead atoms. The minimum atomic E-state index is -0.925. The largest absolute Gasteiger partial charge is 0.496 e. The van der Waals surface area contributed by atoms with Gasteiger partial charge < -0.3 is 24.9 Å². The van der Waals surface area contributed by atoms with E-state index in [4.69, 9.17) is 9.47 Å². The summed E-state index contributed by atoms with van der Waals surface area (Å²) in [6, 6.07) is 24.2. The number of hydrogen-bond donors (Lipinski definition) is 2. The van der Waals surface area contributed by atoms with Gasteiger partial charge in [-0.1, -0.05) is 78.9 Å². The fraction of sp³-hybridized carbons (Fsp3) is 0.222. The first-order valence-electron chi connectivity index (χ1n) is 11.0. The fourth-order valence-electron chi connectivity index (χ4n) is 3.49. The Morgan fingerprint density at radius 3 is 2.09 bits per heavy atom.